The number of hydrogen-bond donors (Lipinski definition) is 0. The summed E-state index contributed by atoms with van der Waals surface area (Å²) in [5.41, 5.74) is 47.2. The predicted molar refractivity (Wildman–Crippen MR) is 507 cm³/mol. The Balaban J connectivity index is 0.000000108. The van der Waals surface area contributed by atoms with E-state index in [-0.39, 0.29) is 21.7 Å². The zero-order chi connectivity index (χ0) is 81.7. The smallest absolute Gasteiger partial charge is 0.0622 e. The lowest BCUT2D eigenvalue weighted by molar-refractivity contribution is 0.655. The van der Waals surface area contributed by atoms with Gasteiger partial charge in [0.05, 0.1) is 10.8 Å². The number of aryl methyl sites for hydroxylation is 4. The highest BCUT2D eigenvalue weighted by atomic mass is 14.5. The molecule has 0 heteroatoms. The predicted octanol–water partition coefficient (Wildman–Crippen LogP) is 31.3. The fourth-order valence-electron chi connectivity index (χ4n) is 20.4. The van der Waals surface area contributed by atoms with Gasteiger partial charge in [-0.05, 0) is 253 Å². The number of hydrogen-bond acceptors (Lipinski definition) is 0. The maximum absolute atomic E-state index is 2.41. The third-order valence-corrected chi connectivity index (χ3v) is 26.0. The van der Waals surface area contributed by atoms with Crippen LogP contribution in [0.3, 0.4) is 0 Å². The van der Waals surface area contributed by atoms with Crippen LogP contribution in [0, 0.1) is 27.7 Å². The van der Waals surface area contributed by atoms with E-state index in [1.807, 2.05) is 0 Å². The molecule has 0 aromatic heterocycles. The van der Waals surface area contributed by atoms with Crippen LogP contribution in [0.15, 0.2) is 437 Å². The first-order valence-corrected chi connectivity index (χ1v) is 42.3. The van der Waals surface area contributed by atoms with Crippen molar-refractivity contribution in [2.75, 3.05) is 0 Å². The van der Waals surface area contributed by atoms with E-state index < -0.39 is 0 Å². The molecule has 576 valence electrons. The van der Waals surface area contributed by atoms with Gasteiger partial charge in [-0.15, -0.1) is 0 Å². The van der Waals surface area contributed by atoms with Gasteiger partial charge in [-0.3, -0.25) is 0 Å². The van der Waals surface area contributed by atoms with Crippen LogP contribution in [-0.4, -0.2) is 0 Å². The van der Waals surface area contributed by atoms with Gasteiger partial charge in [0, 0.05) is 10.8 Å². The fraction of sp³-hybridized carbons (Fsp3) is 0.100. The van der Waals surface area contributed by atoms with E-state index in [1.165, 1.54) is 200 Å². The zero-order valence-corrected chi connectivity index (χ0v) is 69.6. The molecule has 0 amide bonds. The SMILES string of the molecule is Cc1ccc2c(c1)-c1cc(-c3cccc(-c4ccccc4)c3)ccc1C2(C)C.Cc1ccc2c(c1)-c1cc(-c3cccc(-c4ccccc4)c3)ccc1C2(c1ccccc1)c1ccccc1.Cc1cccc2c1C(C)(C)c1ccc(-c3ccccc3)cc1-2.Cc1cccc2c1C(c1ccccc1)(c1ccccc1)c1ccc(-c3ccccc3)cc1-2. The third kappa shape index (κ3) is 13.3. The molecule has 4 aliphatic rings. The number of rotatable bonds is 10. The van der Waals surface area contributed by atoms with Crippen molar-refractivity contribution in [3.63, 3.8) is 0 Å². The minimum atomic E-state index is -0.356. The Kier molecular flexibility index (Phi) is 19.9. The molecule has 0 nitrogen and oxygen atoms in total. The lowest BCUT2D eigenvalue weighted by Gasteiger charge is -2.35. The first-order chi connectivity index (χ1) is 58.7. The molecule has 0 saturated heterocycles. The maximum atomic E-state index is 2.41. The Bertz CT molecular complexity index is 6730. The first kappa shape index (κ1) is 76.0. The Labute approximate surface area is 709 Å². The van der Waals surface area contributed by atoms with Gasteiger partial charge in [-0.25, -0.2) is 0 Å². The lowest BCUT2D eigenvalue weighted by Crippen LogP contribution is -2.29. The Morgan fingerprint density at radius 2 is 0.383 bits per heavy atom. The summed E-state index contributed by atoms with van der Waals surface area (Å²) in [4.78, 5) is 0. The van der Waals surface area contributed by atoms with Crippen molar-refractivity contribution in [2.24, 2.45) is 0 Å². The van der Waals surface area contributed by atoms with Crippen LogP contribution in [0.2, 0.25) is 0 Å². The molecule has 22 rings (SSSR count). The molecule has 0 heterocycles. The number of benzene rings is 18. The highest BCUT2D eigenvalue weighted by Crippen LogP contribution is 2.60. The van der Waals surface area contributed by atoms with Crippen molar-refractivity contribution in [1.82, 2.24) is 0 Å². The van der Waals surface area contributed by atoms with Crippen molar-refractivity contribution in [2.45, 2.75) is 77.0 Å². The summed E-state index contributed by atoms with van der Waals surface area (Å²) >= 11 is 0. The summed E-state index contributed by atoms with van der Waals surface area (Å²) in [6.45, 7) is 18.2. The van der Waals surface area contributed by atoms with E-state index in [1.54, 1.807) is 0 Å². The molecular weight excluding hydrogens is 1440 g/mol. The van der Waals surface area contributed by atoms with E-state index >= 15 is 0 Å². The topological polar surface area (TPSA) is 0 Å². The van der Waals surface area contributed by atoms with Crippen molar-refractivity contribution in [3.8, 4) is 111 Å². The van der Waals surface area contributed by atoms with Crippen LogP contribution in [0.4, 0.5) is 0 Å². The average molecular weight is 1540 g/mol. The largest absolute Gasteiger partial charge is 0.0716 e. The summed E-state index contributed by atoms with van der Waals surface area (Å²) in [7, 11) is 0. The Hall–Kier alpha value is -14.0. The minimum absolute atomic E-state index is 0.0583. The van der Waals surface area contributed by atoms with Crippen LogP contribution >= 0.6 is 0 Å². The van der Waals surface area contributed by atoms with Crippen molar-refractivity contribution < 1.29 is 0 Å². The average Bonchev–Trinajstić information content (AvgIpc) is 1.53. The van der Waals surface area contributed by atoms with Crippen molar-refractivity contribution >= 4 is 0 Å². The van der Waals surface area contributed by atoms with E-state index in [0.29, 0.717) is 0 Å². The van der Waals surface area contributed by atoms with E-state index in [0.717, 1.165) is 0 Å². The molecule has 0 N–H and O–H groups in total. The molecule has 0 unspecified atom stereocenters. The second-order valence-electron chi connectivity index (χ2n) is 34.0. The van der Waals surface area contributed by atoms with Gasteiger partial charge in [0.15, 0.2) is 0 Å². The van der Waals surface area contributed by atoms with Gasteiger partial charge < -0.3 is 0 Å². The summed E-state index contributed by atoms with van der Waals surface area (Å²) in [6, 6.07) is 160. The zero-order valence-electron chi connectivity index (χ0n) is 69.6. The van der Waals surface area contributed by atoms with Gasteiger partial charge >= 0.3 is 0 Å². The molecule has 18 aromatic rings. The van der Waals surface area contributed by atoms with Crippen LogP contribution in [0.1, 0.15) is 117 Å². The number of fused-ring (bicyclic) bond motifs is 12. The molecule has 0 bridgehead atoms. The van der Waals surface area contributed by atoms with Gasteiger partial charge in [-0.2, -0.15) is 0 Å². The molecule has 0 aliphatic heterocycles. The van der Waals surface area contributed by atoms with Gasteiger partial charge in [0.25, 0.3) is 0 Å². The van der Waals surface area contributed by atoms with Crippen LogP contribution in [0.25, 0.3) is 111 Å². The molecule has 18 aromatic carbocycles. The summed E-state index contributed by atoms with van der Waals surface area (Å²) < 4.78 is 0. The van der Waals surface area contributed by atoms with Crippen molar-refractivity contribution in [3.05, 3.63) is 526 Å². The molecule has 0 atom stereocenters. The second kappa shape index (κ2) is 31.4. The van der Waals surface area contributed by atoms with Gasteiger partial charge in [0.1, 0.15) is 0 Å². The molecule has 4 aliphatic carbocycles. The standard InChI is InChI=1S/C38H28.C32H24.C28H24.C22H20/c1-27-20-22-36-34(24-27)35-26-31(30-15-11-14-29(25-30)28-12-5-2-6-13-28)21-23-37(35)38(36,32-16-7-3-8-17-32)33-18-9-4-10-19-33;1-23-12-11-19-28-29-22-25(24-13-5-2-6-14-24)20-21-30(29)32(31(23)28,26-15-7-3-8-16-26)27-17-9-4-10-18-27;1-19-12-14-26-24(16-19)25-18-23(13-15-27(25)28(26,2)3)22-11-7-10-21(17-22)20-8-5-4-6-9-20;1-15-8-7-11-18-19-14-17(16-9-5-4-6-10-16)12-13-20(19)22(2,3)21(15)18/h2-26H,1H3;2-22H,1H3;4-18H,1-3H3;4-14H,1-3H3. The summed E-state index contributed by atoms with van der Waals surface area (Å²) in [5, 5.41) is 0. The molecular formula is C120H96. The maximum Gasteiger partial charge on any atom is 0.0716 e. The van der Waals surface area contributed by atoms with E-state index in [2.05, 4.69) is 492 Å². The normalized spacial score (nSPS) is 13.6. The van der Waals surface area contributed by atoms with Crippen LogP contribution in [0.5, 0.6) is 0 Å². The summed E-state index contributed by atoms with van der Waals surface area (Å²) in [6.07, 6.45) is 0. The Morgan fingerprint density at radius 1 is 0.150 bits per heavy atom. The summed E-state index contributed by atoms with van der Waals surface area (Å²) in [5.74, 6) is 0. The highest BCUT2D eigenvalue weighted by Gasteiger charge is 2.49. The molecule has 0 saturated carbocycles. The van der Waals surface area contributed by atoms with E-state index in [9.17, 15) is 0 Å². The molecule has 0 fully saturated rings. The van der Waals surface area contributed by atoms with Crippen LogP contribution < -0.4 is 0 Å². The first-order valence-electron chi connectivity index (χ1n) is 42.3. The fourth-order valence-corrected chi connectivity index (χ4v) is 20.4. The minimum Gasteiger partial charge on any atom is -0.0622 e. The molecule has 0 spiro atoms. The third-order valence-electron chi connectivity index (χ3n) is 26.0. The van der Waals surface area contributed by atoms with Gasteiger partial charge in [0.2, 0.25) is 0 Å². The second-order valence-corrected chi connectivity index (χ2v) is 34.0. The molecule has 120 heavy (non-hydrogen) atoms. The van der Waals surface area contributed by atoms with Crippen molar-refractivity contribution in [1.29, 1.82) is 0 Å². The van der Waals surface area contributed by atoms with E-state index in [4.69, 9.17) is 0 Å². The molecule has 0 radical (unpaired) electrons. The van der Waals surface area contributed by atoms with Gasteiger partial charge in [-0.1, -0.05) is 439 Å². The monoisotopic (exact) mass is 1540 g/mol. The highest BCUT2D eigenvalue weighted by molar-refractivity contribution is 5.93. The van der Waals surface area contributed by atoms with Crippen LogP contribution in [-0.2, 0) is 21.7 Å². The quantitative estimate of drug-likeness (QED) is 0.128. The lowest BCUT2D eigenvalue weighted by atomic mass is 9.66. The Morgan fingerprint density at radius 3 is 0.775 bits per heavy atom.